The van der Waals surface area contributed by atoms with Gasteiger partial charge in [0.2, 0.25) is 0 Å². The minimum atomic E-state index is -0.762. The molecule has 1 heterocycles. The number of carbonyl (C=O) groups is 2. The second-order valence-corrected chi connectivity index (χ2v) is 1.35. The van der Waals surface area contributed by atoms with E-state index in [1.54, 1.807) is 0 Å². The van der Waals surface area contributed by atoms with Crippen molar-refractivity contribution < 1.29 is 19.1 Å². The van der Waals surface area contributed by atoms with Gasteiger partial charge in [0.05, 0.1) is 0 Å². The van der Waals surface area contributed by atoms with Gasteiger partial charge in [-0.05, 0) is 0 Å². The summed E-state index contributed by atoms with van der Waals surface area (Å²) in [5, 5.41) is 0. The van der Waals surface area contributed by atoms with Crippen molar-refractivity contribution in [2.24, 2.45) is 0 Å². The van der Waals surface area contributed by atoms with Crippen LogP contribution in [0.1, 0.15) is 0 Å². The molecule has 1 rings (SSSR count). The summed E-state index contributed by atoms with van der Waals surface area (Å²) in [6.07, 6.45) is -0.908. The van der Waals surface area contributed by atoms with E-state index in [1.165, 1.54) is 0 Å². The Morgan fingerprint density at radius 1 is 1.75 bits per heavy atom. The number of rotatable bonds is 1. The van der Waals surface area contributed by atoms with Crippen LogP contribution in [-0.2, 0) is 14.3 Å². The molecular weight excluding hydrogens is 112 g/mol. The molecule has 0 radical (unpaired) electrons. The molecule has 4 heteroatoms. The Morgan fingerprint density at radius 2 is 2.50 bits per heavy atom. The molecule has 0 aromatic heterocycles. The zero-order chi connectivity index (χ0) is 5.98. The number of cyclic esters (lactones) is 2. The van der Waals surface area contributed by atoms with Gasteiger partial charge < -0.3 is 9.47 Å². The van der Waals surface area contributed by atoms with E-state index in [0.717, 1.165) is 0 Å². The molecule has 1 aliphatic heterocycles. The largest absolute Gasteiger partial charge is 0.509 e. The highest BCUT2D eigenvalue weighted by Gasteiger charge is 2.23. The van der Waals surface area contributed by atoms with Crippen LogP contribution in [0.3, 0.4) is 0 Å². The van der Waals surface area contributed by atoms with Gasteiger partial charge in [-0.15, -0.1) is 0 Å². The fourth-order valence-corrected chi connectivity index (χ4v) is 0.409. The number of carbonyl (C=O) groups excluding carboxylic acids is 2. The second kappa shape index (κ2) is 1.81. The van der Waals surface area contributed by atoms with E-state index in [9.17, 15) is 9.59 Å². The fourth-order valence-electron chi connectivity index (χ4n) is 0.409. The SMILES string of the molecule is O=C[C@H]1COC(=O)O1. The molecule has 0 aliphatic carbocycles. The van der Waals surface area contributed by atoms with E-state index in [2.05, 4.69) is 9.47 Å². The monoisotopic (exact) mass is 116 g/mol. The lowest BCUT2D eigenvalue weighted by atomic mass is 10.4. The average molecular weight is 116 g/mol. The minimum Gasteiger partial charge on any atom is -0.430 e. The first-order valence-electron chi connectivity index (χ1n) is 2.11. The molecule has 0 unspecified atom stereocenters. The quantitative estimate of drug-likeness (QED) is 0.349. The van der Waals surface area contributed by atoms with E-state index in [4.69, 9.17) is 0 Å². The molecule has 0 aromatic carbocycles. The van der Waals surface area contributed by atoms with E-state index >= 15 is 0 Å². The van der Waals surface area contributed by atoms with Crippen LogP contribution in [-0.4, -0.2) is 25.2 Å². The Morgan fingerprint density at radius 3 is 2.75 bits per heavy atom. The first-order chi connectivity index (χ1) is 3.83. The molecule has 1 fully saturated rings. The van der Waals surface area contributed by atoms with Crippen molar-refractivity contribution >= 4 is 12.4 Å². The van der Waals surface area contributed by atoms with Crippen LogP contribution in [0, 0.1) is 0 Å². The van der Waals surface area contributed by atoms with Crippen molar-refractivity contribution in [1.29, 1.82) is 0 Å². The van der Waals surface area contributed by atoms with Gasteiger partial charge in [-0.3, -0.25) is 4.79 Å². The molecule has 1 saturated heterocycles. The molecule has 8 heavy (non-hydrogen) atoms. The van der Waals surface area contributed by atoms with E-state index in [1.807, 2.05) is 0 Å². The first-order valence-corrected chi connectivity index (χ1v) is 2.11. The lowest BCUT2D eigenvalue weighted by Crippen LogP contribution is -2.10. The maximum absolute atomic E-state index is 10.0. The Kier molecular flexibility index (Phi) is 1.15. The second-order valence-electron chi connectivity index (χ2n) is 1.35. The Labute approximate surface area is 45.4 Å². The average Bonchev–Trinajstić information content (AvgIpc) is 2.14. The molecule has 44 valence electrons. The summed E-state index contributed by atoms with van der Waals surface area (Å²) in [5.41, 5.74) is 0. The lowest BCUT2D eigenvalue weighted by Gasteiger charge is -1.89. The van der Waals surface area contributed by atoms with Gasteiger partial charge in [-0.2, -0.15) is 0 Å². The molecule has 0 amide bonds. The summed E-state index contributed by atoms with van der Waals surface area (Å²) in [6.45, 7) is 0.0579. The van der Waals surface area contributed by atoms with Gasteiger partial charge in [0, 0.05) is 0 Å². The topological polar surface area (TPSA) is 52.6 Å². The summed E-state index contributed by atoms with van der Waals surface area (Å²) >= 11 is 0. The number of aldehydes is 1. The maximum atomic E-state index is 10.0. The van der Waals surface area contributed by atoms with Crippen LogP contribution in [0.2, 0.25) is 0 Å². The summed E-state index contributed by atoms with van der Waals surface area (Å²) in [7, 11) is 0. The summed E-state index contributed by atoms with van der Waals surface area (Å²) < 4.78 is 8.55. The summed E-state index contributed by atoms with van der Waals surface area (Å²) in [6, 6.07) is 0. The zero-order valence-corrected chi connectivity index (χ0v) is 3.99. The Balaban J connectivity index is 2.43. The molecule has 0 spiro atoms. The smallest absolute Gasteiger partial charge is 0.430 e. The van der Waals surface area contributed by atoms with Crippen LogP contribution in [0.5, 0.6) is 0 Å². The maximum Gasteiger partial charge on any atom is 0.509 e. The highest BCUT2D eigenvalue weighted by Crippen LogP contribution is 2.01. The highest BCUT2D eigenvalue weighted by atomic mass is 16.8. The molecule has 4 nitrogen and oxygen atoms in total. The van der Waals surface area contributed by atoms with Gasteiger partial charge in [0.1, 0.15) is 6.61 Å². The molecule has 1 aliphatic rings. The van der Waals surface area contributed by atoms with Gasteiger partial charge in [-0.1, -0.05) is 0 Å². The molecular formula is C4H4O4. The van der Waals surface area contributed by atoms with Crippen molar-refractivity contribution in [3.05, 3.63) is 0 Å². The van der Waals surface area contributed by atoms with Crippen LogP contribution in [0.4, 0.5) is 4.79 Å². The van der Waals surface area contributed by atoms with Crippen LogP contribution in [0.25, 0.3) is 0 Å². The molecule has 0 bridgehead atoms. The van der Waals surface area contributed by atoms with Gasteiger partial charge in [-0.25, -0.2) is 4.79 Å². The zero-order valence-electron chi connectivity index (χ0n) is 3.99. The van der Waals surface area contributed by atoms with Crippen molar-refractivity contribution in [3.8, 4) is 0 Å². The number of hydrogen-bond donors (Lipinski definition) is 0. The fraction of sp³-hybridized carbons (Fsp3) is 0.500. The number of hydrogen-bond acceptors (Lipinski definition) is 4. The standard InChI is InChI=1S/C4H4O4/c5-1-3-2-7-4(6)8-3/h1,3H,2H2/t3-/m0/s1. The summed E-state index contributed by atoms with van der Waals surface area (Å²) in [4.78, 5) is 19.8. The predicted octanol–water partition coefficient (Wildman–Crippen LogP) is -0.279. The van der Waals surface area contributed by atoms with Gasteiger partial charge in [0.15, 0.2) is 12.4 Å². The highest BCUT2D eigenvalue weighted by molar-refractivity contribution is 5.69. The van der Waals surface area contributed by atoms with Gasteiger partial charge in [0.25, 0.3) is 0 Å². The third-order valence-electron chi connectivity index (χ3n) is 0.765. The molecule has 0 N–H and O–H groups in total. The van der Waals surface area contributed by atoms with Crippen molar-refractivity contribution in [2.75, 3.05) is 6.61 Å². The predicted molar refractivity (Wildman–Crippen MR) is 22.3 cm³/mol. The van der Waals surface area contributed by atoms with Crippen LogP contribution in [0.15, 0.2) is 0 Å². The summed E-state index contributed by atoms with van der Waals surface area (Å²) in [5.74, 6) is 0. The van der Waals surface area contributed by atoms with E-state index < -0.39 is 12.3 Å². The molecule has 0 saturated carbocycles. The first kappa shape index (κ1) is 5.08. The minimum absolute atomic E-state index is 0.0579. The third kappa shape index (κ3) is 0.776. The number of ether oxygens (including phenoxy) is 2. The third-order valence-corrected chi connectivity index (χ3v) is 0.765. The lowest BCUT2D eigenvalue weighted by molar-refractivity contribution is -0.113. The van der Waals surface area contributed by atoms with Crippen molar-refractivity contribution in [1.82, 2.24) is 0 Å². The van der Waals surface area contributed by atoms with Crippen LogP contribution >= 0.6 is 0 Å². The Bertz CT molecular complexity index is 119. The molecule has 0 aromatic rings. The van der Waals surface area contributed by atoms with Crippen molar-refractivity contribution in [3.63, 3.8) is 0 Å². The van der Waals surface area contributed by atoms with Crippen molar-refractivity contribution in [2.45, 2.75) is 6.10 Å². The van der Waals surface area contributed by atoms with Crippen LogP contribution < -0.4 is 0 Å². The Hall–Kier alpha value is -1.06. The van der Waals surface area contributed by atoms with E-state index in [-0.39, 0.29) is 6.61 Å². The van der Waals surface area contributed by atoms with E-state index in [0.29, 0.717) is 6.29 Å². The normalized spacial score (nSPS) is 26.5. The molecule has 1 atom stereocenters. The van der Waals surface area contributed by atoms with Gasteiger partial charge >= 0.3 is 6.16 Å².